The monoisotopic (exact) mass is 182 g/mol. The maximum absolute atomic E-state index is 3.74. The first kappa shape index (κ1) is 12.7. The molecule has 0 heterocycles. The average Bonchev–Trinajstić information content (AvgIpc) is 2.10. The molecule has 0 aromatic heterocycles. The predicted molar refractivity (Wildman–Crippen MR) is 61.8 cm³/mol. The highest BCUT2D eigenvalue weighted by molar-refractivity contribution is 4.68. The minimum absolute atomic E-state index is 0.828. The first-order valence-corrected chi connectivity index (χ1v) is 5.70. The van der Waals surface area contributed by atoms with Crippen LogP contribution in [0, 0.1) is 17.8 Å². The largest absolute Gasteiger partial charge is 0.103 e. The van der Waals surface area contributed by atoms with Crippen LogP contribution in [-0.2, 0) is 0 Å². The van der Waals surface area contributed by atoms with Crippen LogP contribution in [0.2, 0.25) is 0 Å². The van der Waals surface area contributed by atoms with Crippen LogP contribution in [0.4, 0.5) is 0 Å². The van der Waals surface area contributed by atoms with Gasteiger partial charge in [0.1, 0.15) is 0 Å². The van der Waals surface area contributed by atoms with E-state index in [4.69, 9.17) is 0 Å². The van der Waals surface area contributed by atoms with Crippen molar-refractivity contribution in [1.29, 1.82) is 0 Å². The maximum atomic E-state index is 3.74. The smallest absolute Gasteiger partial charge is 0.0353 e. The van der Waals surface area contributed by atoms with Gasteiger partial charge >= 0.3 is 0 Å². The molecule has 13 heavy (non-hydrogen) atoms. The van der Waals surface area contributed by atoms with Gasteiger partial charge < -0.3 is 0 Å². The lowest BCUT2D eigenvalue weighted by Crippen LogP contribution is -2.14. The van der Waals surface area contributed by atoms with Crippen molar-refractivity contribution in [2.75, 3.05) is 0 Å². The van der Waals surface area contributed by atoms with E-state index in [1.165, 1.54) is 25.7 Å². The molecule has 0 aromatic rings. The van der Waals surface area contributed by atoms with Crippen LogP contribution in [0.25, 0.3) is 0 Å². The van der Waals surface area contributed by atoms with Gasteiger partial charge in [0.2, 0.25) is 0 Å². The summed E-state index contributed by atoms with van der Waals surface area (Å²) in [5.74, 6) is 2.57. The molecule has 0 aliphatic carbocycles. The lowest BCUT2D eigenvalue weighted by atomic mass is 9.83. The molecule has 78 valence electrons. The molecule has 0 bridgehead atoms. The van der Waals surface area contributed by atoms with Crippen LogP contribution >= 0.6 is 0 Å². The summed E-state index contributed by atoms with van der Waals surface area (Å²) >= 11 is 0. The van der Waals surface area contributed by atoms with Gasteiger partial charge in [-0.1, -0.05) is 46.6 Å². The van der Waals surface area contributed by atoms with Gasteiger partial charge in [0, 0.05) is 0 Å². The van der Waals surface area contributed by atoms with Crippen molar-refractivity contribution < 1.29 is 0 Å². The Hall–Kier alpha value is -0.260. The molecule has 0 aromatic carbocycles. The van der Waals surface area contributed by atoms with Crippen molar-refractivity contribution in [3.8, 4) is 0 Å². The summed E-state index contributed by atoms with van der Waals surface area (Å²) in [5.41, 5.74) is 0. The Labute approximate surface area is 84.4 Å². The molecule has 0 aliphatic rings. The fraction of sp³-hybridized carbons (Fsp3) is 0.846. The highest BCUT2D eigenvalue weighted by Gasteiger charge is 2.14. The third-order valence-corrected chi connectivity index (χ3v) is 3.27. The van der Waals surface area contributed by atoms with E-state index in [9.17, 15) is 0 Å². The number of unbranched alkanes of at least 4 members (excludes halogenated alkanes) is 2. The number of rotatable bonds is 7. The molecular weight excluding hydrogens is 156 g/mol. The zero-order valence-corrected chi connectivity index (χ0v) is 9.84. The number of hydrogen-bond acceptors (Lipinski definition) is 0. The molecular formula is C13H26. The molecule has 0 rings (SSSR count). The zero-order chi connectivity index (χ0) is 10.3. The van der Waals surface area contributed by atoms with Gasteiger partial charge in [-0.25, -0.2) is 0 Å². The summed E-state index contributed by atoms with van der Waals surface area (Å²) in [7, 11) is 0. The molecule has 2 atom stereocenters. The summed E-state index contributed by atoms with van der Waals surface area (Å²) in [4.78, 5) is 0. The molecule has 0 nitrogen and oxygen atoms in total. The minimum Gasteiger partial charge on any atom is -0.103 e. The zero-order valence-electron chi connectivity index (χ0n) is 9.84. The van der Waals surface area contributed by atoms with E-state index in [0.29, 0.717) is 0 Å². The molecule has 0 radical (unpaired) electrons. The molecule has 2 unspecified atom stereocenters. The Morgan fingerprint density at radius 2 is 1.69 bits per heavy atom. The molecule has 0 spiro atoms. The fourth-order valence-electron chi connectivity index (χ4n) is 1.67. The summed E-state index contributed by atoms with van der Waals surface area (Å²) < 4.78 is 0. The number of allylic oxidation sites excluding steroid dienone is 1. The lowest BCUT2D eigenvalue weighted by Gasteiger charge is -2.23. The van der Waals surface area contributed by atoms with E-state index in [1.807, 2.05) is 6.08 Å². The van der Waals surface area contributed by atoms with E-state index in [-0.39, 0.29) is 0 Å². The van der Waals surface area contributed by atoms with Crippen LogP contribution in [-0.4, -0.2) is 0 Å². The first-order chi connectivity index (χ1) is 6.09. The second-order valence-corrected chi connectivity index (χ2v) is 4.65. The van der Waals surface area contributed by atoms with E-state index in [2.05, 4.69) is 34.3 Å². The van der Waals surface area contributed by atoms with Gasteiger partial charge in [0.15, 0.2) is 0 Å². The Morgan fingerprint density at radius 1 is 1.08 bits per heavy atom. The SMILES string of the molecule is C=CCCCCC(C)C(C)C(C)C. The first-order valence-electron chi connectivity index (χ1n) is 5.70. The van der Waals surface area contributed by atoms with Crippen molar-refractivity contribution in [3.63, 3.8) is 0 Å². The van der Waals surface area contributed by atoms with Crippen molar-refractivity contribution in [3.05, 3.63) is 12.7 Å². The highest BCUT2D eigenvalue weighted by Crippen LogP contribution is 2.24. The lowest BCUT2D eigenvalue weighted by molar-refractivity contribution is 0.276. The topological polar surface area (TPSA) is 0 Å². The van der Waals surface area contributed by atoms with Crippen LogP contribution in [0.5, 0.6) is 0 Å². The normalized spacial score (nSPS) is 15.8. The Kier molecular flexibility index (Phi) is 7.03. The van der Waals surface area contributed by atoms with Crippen LogP contribution in [0.1, 0.15) is 53.4 Å². The Bertz CT molecular complexity index is 124. The molecule has 0 N–H and O–H groups in total. The predicted octanol–water partition coefficient (Wildman–Crippen LogP) is 4.66. The summed E-state index contributed by atoms with van der Waals surface area (Å²) in [6, 6.07) is 0. The van der Waals surface area contributed by atoms with Gasteiger partial charge in [-0.15, -0.1) is 6.58 Å². The highest BCUT2D eigenvalue weighted by atomic mass is 14.2. The van der Waals surface area contributed by atoms with Gasteiger partial charge in [0.05, 0.1) is 0 Å². The molecule has 0 saturated heterocycles. The second-order valence-electron chi connectivity index (χ2n) is 4.65. The third kappa shape index (κ3) is 5.90. The van der Waals surface area contributed by atoms with Crippen LogP contribution < -0.4 is 0 Å². The maximum Gasteiger partial charge on any atom is -0.0353 e. The van der Waals surface area contributed by atoms with Crippen LogP contribution in [0.3, 0.4) is 0 Å². The Balaban J connectivity index is 3.49. The van der Waals surface area contributed by atoms with Gasteiger partial charge in [0.25, 0.3) is 0 Å². The fourth-order valence-corrected chi connectivity index (χ4v) is 1.67. The van der Waals surface area contributed by atoms with E-state index >= 15 is 0 Å². The molecule has 0 saturated carbocycles. The molecule has 0 amide bonds. The second kappa shape index (κ2) is 7.17. The van der Waals surface area contributed by atoms with Gasteiger partial charge in [-0.2, -0.15) is 0 Å². The van der Waals surface area contributed by atoms with E-state index in [0.717, 1.165) is 17.8 Å². The molecule has 0 heteroatoms. The van der Waals surface area contributed by atoms with E-state index in [1.54, 1.807) is 0 Å². The summed E-state index contributed by atoms with van der Waals surface area (Å²) in [6.45, 7) is 13.2. The minimum atomic E-state index is 0.828. The van der Waals surface area contributed by atoms with Crippen LogP contribution in [0.15, 0.2) is 12.7 Å². The summed E-state index contributed by atoms with van der Waals surface area (Å²) in [6.07, 6.45) is 7.27. The summed E-state index contributed by atoms with van der Waals surface area (Å²) in [5, 5.41) is 0. The van der Waals surface area contributed by atoms with Crippen molar-refractivity contribution >= 4 is 0 Å². The molecule has 0 aliphatic heterocycles. The van der Waals surface area contributed by atoms with Crippen molar-refractivity contribution in [2.45, 2.75) is 53.4 Å². The van der Waals surface area contributed by atoms with Gasteiger partial charge in [-0.3, -0.25) is 0 Å². The Morgan fingerprint density at radius 3 is 2.15 bits per heavy atom. The van der Waals surface area contributed by atoms with E-state index < -0.39 is 0 Å². The molecule has 0 fully saturated rings. The average molecular weight is 182 g/mol. The standard InChI is InChI=1S/C13H26/c1-6-7-8-9-10-12(4)13(5)11(2)3/h6,11-13H,1,7-10H2,2-5H3. The number of hydrogen-bond donors (Lipinski definition) is 0. The third-order valence-electron chi connectivity index (χ3n) is 3.27. The quantitative estimate of drug-likeness (QED) is 0.397. The van der Waals surface area contributed by atoms with Crippen molar-refractivity contribution in [1.82, 2.24) is 0 Å². The van der Waals surface area contributed by atoms with Gasteiger partial charge in [-0.05, 0) is 30.6 Å². The van der Waals surface area contributed by atoms with Crippen molar-refractivity contribution in [2.24, 2.45) is 17.8 Å².